The van der Waals surface area contributed by atoms with Gasteiger partial charge < -0.3 is 4.74 Å². The van der Waals surface area contributed by atoms with Gasteiger partial charge in [-0.2, -0.15) is 5.26 Å². The lowest BCUT2D eigenvalue weighted by Crippen LogP contribution is -1.89. The number of halogens is 1. The molecular formula is C14H10BrNO. The minimum Gasteiger partial charge on any atom is -0.456 e. The molecule has 2 aromatic carbocycles. The maximum absolute atomic E-state index is 9.06. The Morgan fingerprint density at radius 3 is 2.47 bits per heavy atom. The van der Waals surface area contributed by atoms with Gasteiger partial charge in [0.2, 0.25) is 0 Å². The van der Waals surface area contributed by atoms with Crippen molar-refractivity contribution >= 4 is 15.9 Å². The third-order valence-electron chi connectivity index (χ3n) is 2.34. The number of hydrogen-bond donors (Lipinski definition) is 0. The standard InChI is InChI=1S/C14H10BrNO/c1-10-5-7-11(8-6-10)17-14-4-2-3-13(15)12(14)9-16/h2-8H,1H3. The van der Waals surface area contributed by atoms with E-state index in [4.69, 9.17) is 10.00 Å². The van der Waals surface area contributed by atoms with Crippen LogP contribution in [0.4, 0.5) is 0 Å². The van der Waals surface area contributed by atoms with Crippen molar-refractivity contribution < 1.29 is 4.74 Å². The summed E-state index contributed by atoms with van der Waals surface area (Å²) in [6.07, 6.45) is 0. The molecule has 17 heavy (non-hydrogen) atoms. The SMILES string of the molecule is Cc1ccc(Oc2cccc(Br)c2C#N)cc1. The van der Waals surface area contributed by atoms with Gasteiger partial charge in [-0.05, 0) is 47.1 Å². The first-order chi connectivity index (χ1) is 8.20. The second-order valence-electron chi connectivity index (χ2n) is 3.64. The Kier molecular flexibility index (Phi) is 3.46. The molecule has 0 bridgehead atoms. The quantitative estimate of drug-likeness (QED) is 0.819. The van der Waals surface area contributed by atoms with Gasteiger partial charge in [0.15, 0.2) is 0 Å². The molecule has 0 amide bonds. The van der Waals surface area contributed by atoms with Crippen LogP contribution in [-0.2, 0) is 0 Å². The number of nitrogens with zero attached hydrogens (tertiary/aromatic N) is 1. The lowest BCUT2D eigenvalue weighted by molar-refractivity contribution is 0.480. The molecule has 84 valence electrons. The minimum atomic E-state index is 0.507. The molecule has 3 heteroatoms. The van der Waals surface area contributed by atoms with E-state index >= 15 is 0 Å². The second kappa shape index (κ2) is 5.03. The van der Waals surface area contributed by atoms with Crippen molar-refractivity contribution in [2.75, 3.05) is 0 Å². The van der Waals surface area contributed by atoms with Crippen molar-refractivity contribution in [3.8, 4) is 17.6 Å². The Hall–Kier alpha value is -1.79. The molecule has 0 aliphatic heterocycles. The first kappa shape index (κ1) is 11.7. The highest BCUT2D eigenvalue weighted by molar-refractivity contribution is 9.10. The Balaban J connectivity index is 2.34. The largest absolute Gasteiger partial charge is 0.456 e. The lowest BCUT2D eigenvalue weighted by atomic mass is 10.2. The predicted octanol–water partition coefficient (Wildman–Crippen LogP) is 4.42. The van der Waals surface area contributed by atoms with Gasteiger partial charge in [0.05, 0.1) is 0 Å². The van der Waals surface area contributed by atoms with Gasteiger partial charge in [0.25, 0.3) is 0 Å². The fourth-order valence-electron chi connectivity index (χ4n) is 1.43. The van der Waals surface area contributed by atoms with Gasteiger partial charge in [-0.3, -0.25) is 0 Å². The summed E-state index contributed by atoms with van der Waals surface area (Å²) in [5.74, 6) is 1.29. The van der Waals surface area contributed by atoms with E-state index in [2.05, 4.69) is 22.0 Å². The topological polar surface area (TPSA) is 33.0 Å². The number of benzene rings is 2. The van der Waals surface area contributed by atoms with E-state index in [9.17, 15) is 0 Å². The summed E-state index contributed by atoms with van der Waals surface area (Å²) in [6.45, 7) is 2.02. The molecule has 2 aromatic rings. The fourth-order valence-corrected chi connectivity index (χ4v) is 1.87. The lowest BCUT2D eigenvalue weighted by Gasteiger charge is -2.08. The molecule has 0 N–H and O–H groups in total. The molecule has 0 aliphatic carbocycles. The summed E-state index contributed by atoms with van der Waals surface area (Å²) in [4.78, 5) is 0. The zero-order chi connectivity index (χ0) is 12.3. The van der Waals surface area contributed by atoms with Gasteiger partial charge in [-0.25, -0.2) is 0 Å². The molecule has 0 saturated carbocycles. The molecule has 0 saturated heterocycles. The van der Waals surface area contributed by atoms with Gasteiger partial charge in [0, 0.05) is 4.47 Å². The molecule has 2 rings (SSSR count). The highest BCUT2D eigenvalue weighted by Gasteiger charge is 2.07. The highest BCUT2D eigenvalue weighted by atomic mass is 79.9. The van der Waals surface area contributed by atoms with Crippen molar-refractivity contribution in [2.24, 2.45) is 0 Å². The average molecular weight is 288 g/mol. The summed E-state index contributed by atoms with van der Waals surface area (Å²) in [5.41, 5.74) is 1.68. The molecular weight excluding hydrogens is 278 g/mol. The first-order valence-corrected chi connectivity index (χ1v) is 5.93. The number of nitriles is 1. The summed E-state index contributed by atoms with van der Waals surface area (Å²) in [5, 5.41) is 9.06. The Bertz CT molecular complexity index is 570. The maximum atomic E-state index is 9.06. The van der Waals surface area contributed by atoms with Crippen LogP contribution in [0.15, 0.2) is 46.9 Å². The van der Waals surface area contributed by atoms with E-state index < -0.39 is 0 Å². The van der Waals surface area contributed by atoms with Crippen molar-refractivity contribution in [3.63, 3.8) is 0 Å². The Morgan fingerprint density at radius 2 is 1.82 bits per heavy atom. The van der Waals surface area contributed by atoms with Crippen molar-refractivity contribution in [1.29, 1.82) is 5.26 Å². The van der Waals surface area contributed by atoms with Gasteiger partial charge in [0.1, 0.15) is 23.1 Å². The normalized spacial score (nSPS) is 9.71. The minimum absolute atomic E-state index is 0.507. The monoisotopic (exact) mass is 287 g/mol. The third-order valence-corrected chi connectivity index (χ3v) is 3.00. The van der Waals surface area contributed by atoms with Crippen molar-refractivity contribution in [3.05, 3.63) is 58.1 Å². The predicted molar refractivity (Wildman–Crippen MR) is 70.1 cm³/mol. The zero-order valence-electron chi connectivity index (χ0n) is 9.27. The van der Waals surface area contributed by atoms with Crippen LogP contribution in [0.5, 0.6) is 11.5 Å². The van der Waals surface area contributed by atoms with E-state index in [1.807, 2.05) is 43.3 Å². The number of rotatable bonds is 2. The van der Waals surface area contributed by atoms with Crippen LogP contribution in [0, 0.1) is 18.3 Å². The number of ether oxygens (including phenoxy) is 1. The van der Waals surface area contributed by atoms with E-state index in [1.165, 1.54) is 5.56 Å². The number of aryl methyl sites for hydroxylation is 1. The number of hydrogen-bond acceptors (Lipinski definition) is 2. The molecule has 0 heterocycles. The zero-order valence-corrected chi connectivity index (χ0v) is 10.9. The first-order valence-electron chi connectivity index (χ1n) is 5.14. The van der Waals surface area contributed by atoms with Gasteiger partial charge in [-0.15, -0.1) is 0 Å². The molecule has 0 radical (unpaired) electrons. The van der Waals surface area contributed by atoms with Crippen LogP contribution in [0.2, 0.25) is 0 Å². The van der Waals surface area contributed by atoms with E-state index in [-0.39, 0.29) is 0 Å². The third kappa shape index (κ3) is 2.66. The van der Waals surface area contributed by atoms with E-state index in [0.717, 1.165) is 10.2 Å². The molecule has 0 spiro atoms. The Morgan fingerprint density at radius 1 is 1.12 bits per heavy atom. The Labute approximate surface area is 109 Å². The smallest absolute Gasteiger partial charge is 0.146 e. The maximum Gasteiger partial charge on any atom is 0.146 e. The molecule has 0 atom stereocenters. The van der Waals surface area contributed by atoms with E-state index in [0.29, 0.717) is 11.3 Å². The molecule has 0 fully saturated rings. The molecule has 0 aliphatic rings. The molecule has 2 nitrogen and oxygen atoms in total. The molecule has 0 aromatic heterocycles. The van der Waals surface area contributed by atoms with Gasteiger partial charge >= 0.3 is 0 Å². The summed E-state index contributed by atoms with van der Waals surface area (Å²) < 4.78 is 6.42. The average Bonchev–Trinajstić information content (AvgIpc) is 2.32. The van der Waals surface area contributed by atoms with Crippen LogP contribution in [0.1, 0.15) is 11.1 Å². The van der Waals surface area contributed by atoms with Crippen molar-refractivity contribution in [1.82, 2.24) is 0 Å². The second-order valence-corrected chi connectivity index (χ2v) is 4.49. The van der Waals surface area contributed by atoms with E-state index in [1.54, 1.807) is 6.07 Å². The van der Waals surface area contributed by atoms with Crippen LogP contribution >= 0.6 is 15.9 Å². The van der Waals surface area contributed by atoms with Crippen LogP contribution in [0.25, 0.3) is 0 Å². The highest BCUT2D eigenvalue weighted by Crippen LogP contribution is 2.29. The summed E-state index contributed by atoms with van der Waals surface area (Å²) >= 11 is 3.33. The fraction of sp³-hybridized carbons (Fsp3) is 0.0714. The summed E-state index contributed by atoms with van der Waals surface area (Å²) in [6, 6.07) is 15.3. The van der Waals surface area contributed by atoms with Crippen LogP contribution in [-0.4, -0.2) is 0 Å². The van der Waals surface area contributed by atoms with Crippen molar-refractivity contribution in [2.45, 2.75) is 6.92 Å². The van der Waals surface area contributed by atoms with Crippen LogP contribution < -0.4 is 4.74 Å². The molecule has 0 unspecified atom stereocenters. The van der Waals surface area contributed by atoms with Gasteiger partial charge in [-0.1, -0.05) is 23.8 Å². The summed E-state index contributed by atoms with van der Waals surface area (Å²) in [7, 11) is 0. The van der Waals surface area contributed by atoms with Crippen LogP contribution in [0.3, 0.4) is 0 Å².